The van der Waals surface area contributed by atoms with E-state index < -0.39 is 5.60 Å². The van der Waals surface area contributed by atoms with Crippen molar-refractivity contribution in [2.45, 2.75) is 26.4 Å². The molecule has 0 heterocycles. The highest BCUT2D eigenvalue weighted by atomic mass is 16.6. The van der Waals surface area contributed by atoms with Crippen molar-refractivity contribution in [2.24, 2.45) is 0 Å². The molecule has 0 saturated heterocycles. The molecule has 0 spiro atoms. The fourth-order valence-corrected chi connectivity index (χ4v) is 1.57. The average Bonchev–Trinajstić information content (AvgIpc) is 2.53. The first kappa shape index (κ1) is 24.1. The van der Waals surface area contributed by atoms with E-state index in [9.17, 15) is 4.79 Å². The first-order valence-electron chi connectivity index (χ1n) is 8.76. The fourth-order valence-electron chi connectivity index (χ4n) is 1.57. The number of hydrogen-bond acceptors (Lipinski definition) is 7. The Balaban J connectivity index is 3.29. The van der Waals surface area contributed by atoms with Gasteiger partial charge in [0.25, 0.3) is 0 Å². The number of amides is 1. The van der Waals surface area contributed by atoms with Crippen LogP contribution in [0.25, 0.3) is 0 Å². The number of nitrogens with one attached hydrogen (secondary N) is 1. The first-order chi connectivity index (χ1) is 11.9. The molecule has 0 bridgehead atoms. The molecule has 0 rings (SSSR count). The van der Waals surface area contributed by atoms with Gasteiger partial charge in [-0.25, -0.2) is 4.79 Å². The minimum Gasteiger partial charge on any atom is -0.444 e. The van der Waals surface area contributed by atoms with E-state index in [2.05, 4.69) is 5.32 Å². The third kappa shape index (κ3) is 17.7. The highest BCUT2D eigenvalue weighted by Crippen LogP contribution is 2.08. The number of carbonyl (C=O) groups is 1. The molecular weight excluding hydrogens is 328 g/mol. The Bertz CT molecular complexity index is 323. The van der Waals surface area contributed by atoms with Crippen molar-refractivity contribution < 1.29 is 28.5 Å². The van der Waals surface area contributed by atoms with Gasteiger partial charge in [0.2, 0.25) is 0 Å². The largest absolute Gasteiger partial charge is 0.444 e. The van der Waals surface area contributed by atoms with Crippen LogP contribution in [0.1, 0.15) is 20.8 Å². The lowest BCUT2D eigenvalue weighted by Crippen LogP contribution is -2.36. The number of likely N-dealkylation sites (N-methyl/N-ethyl adjacent to an activating group) is 2. The van der Waals surface area contributed by atoms with E-state index in [4.69, 9.17) is 23.7 Å². The van der Waals surface area contributed by atoms with Gasteiger partial charge in [-0.2, -0.15) is 0 Å². The molecule has 0 saturated carbocycles. The van der Waals surface area contributed by atoms with Gasteiger partial charge in [0.05, 0.1) is 52.9 Å². The van der Waals surface area contributed by atoms with Gasteiger partial charge in [-0.1, -0.05) is 0 Å². The van der Waals surface area contributed by atoms with Crippen LogP contribution >= 0.6 is 0 Å². The van der Waals surface area contributed by atoms with Crippen LogP contribution in [0, 0.1) is 0 Å². The molecule has 0 radical (unpaired) electrons. The van der Waals surface area contributed by atoms with Crippen molar-refractivity contribution >= 4 is 6.09 Å². The lowest BCUT2D eigenvalue weighted by atomic mass is 10.2. The van der Waals surface area contributed by atoms with E-state index in [-0.39, 0.29) is 6.09 Å². The number of rotatable bonds is 15. The molecule has 0 aromatic rings. The third-order valence-electron chi connectivity index (χ3n) is 2.89. The normalized spacial score (nSPS) is 11.6. The molecule has 0 atom stereocenters. The van der Waals surface area contributed by atoms with Crippen molar-refractivity contribution in [2.75, 3.05) is 80.0 Å². The molecule has 0 aliphatic carbocycles. The summed E-state index contributed by atoms with van der Waals surface area (Å²) in [5.41, 5.74) is -0.485. The van der Waals surface area contributed by atoms with Crippen LogP contribution in [0.3, 0.4) is 0 Å². The van der Waals surface area contributed by atoms with Crippen LogP contribution in [0.5, 0.6) is 0 Å². The predicted molar refractivity (Wildman–Crippen MR) is 96.1 cm³/mol. The molecule has 0 aliphatic rings. The van der Waals surface area contributed by atoms with Gasteiger partial charge in [0.1, 0.15) is 5.60 Å². The van der Waals surface area contributed by atoms with Gasteiger partial charge in [0.15, 0.2) is 0 Å². The van der Waals surface area contributed by atoms with E-state index in [0.717, 1.165) is 6.54 Å². The van der Waals surface area contributed by atoms with Crippen molar-refractivity contribution in [1.29, 1.82) is 0 Å². The van der Waals surface area contributed by atoms with Crippen molar-refractivity contribution in [1.82, 2.24) is 10.2 Å². The first-order valence-corrected chi connectivity index (χ1v) is 8.76. The van der Waals surface area contributed by atoms with Gasteiger partial charge >= 0.3 is 6.09 Å². The molecule has 0 aromatic heterocycles. The van der Waals surface area contributed by atoms with Crippen molar-refractivity contribution in [3.05, 3.63) is 0 Å². The van der Waals surface area contributed by atoms with Gasteiger partial charge in [-0.3, -0.25) is 0 Å². The molecule has 0 aromatic carbocycles. The Morgan fingerprint density at radius 3 is 1.72 bits per heavy atom. The summed E-state index contributed by atoms with van der Waals surface area (Å²) in [4.78, 5) is 13.2. The molecule has 150 valence electrons. The lowest BCUT2D eigenvalue weighted by molar-refractivity contribution is -0.00534. The zero-order valence-corrected chi connectivity index (χ0v) is 16.5. The Hall–Kier alpha value is -0.930. The Morgan fingerprint density at radius 1 is 0.840 bits per heavy atom. The van der Waals surface area contributed by atoms with Crippen LogP contribution in [0.15, 0.2) is 0 Å². The number of nitrogens with zero attached hydrogens (tertiary/aromatic N) is 1. The molecule has 1 N–H and O–H groups in total. The zero-order valence-electron chi connectivity index (χ0n) is 16.5. The molecule has 8 heteroatoms. The van der Waals surface area contributed by atoms with Crippen LogP contribution in [-0.4, -0.2) is 96.6 Å². The molecule has 1 amide bonds. The zero-order chi connectivity index (χ0) is 19.0. The minimum absolute atomic E-state index is 0.348. The van der Waals surface area contributed by atoms with E-state index in [0.29, 0.717) is 59.4 Å². The second kappa shape index (κ2) is 15.3. The Kier molecular flexibility index (Phi) is 14.8. The van der Waals surface area contributed by atoms with Crippen molar-refractivity contribution in [3.63, 3.8) is 0 Å². The Labute approximate surface area is 152 Å². The summed E-state index contributed by atoms with van der Waals surface area (Å²) in [6.45, 7) is 11.2. The van der Waals surface area contributed by atoms with Crippen LogP contribution in [0.2, 0.25) is 0 Å². The lowest BCUT2D eigenvalue weighted by Gasteiger charge is -2.24. The quantitative estimate of drug-likeness (QED) is 0.437. The Morgan fingerprint density at radius 2 is 1.28 bits per heavy atom. The summed E-state index contributed by atoms with van der Waals surface area (Å²) in [6.07, 6.45) is -0.348. The maximum atomic E-state index is 11.7. The maximum Gasteiger partial charge on any atom is 0.410 e. The fraction of sp³-hybridized carbons (Fsp3) is 0.941. The summed E-state index contributed by atoms with van der Waals surface area (Å²) in [7, 11) is 3.58. The predicted octanol–water partition coefficient (Wildman–Crippen LogP) is 1.14. The van der Waals surface area contributed by atoms with Crippen LogP contribution in [0.4, 0.5) is 4.79 Å². The van der Waals surface area contributed by atoms with Gasteiger partial charge in [0, 0.05) is 20.1 Å². The van der Waals surface area contributed by atoms with E-state index >= 15 is 0 Å². The van der Waals surface area contributed by atoms with E-state index in [1.807, 2.05) is 27.8 Å². The number of ether oxygens (including phenoxy) is 5. The third-order valence-corrected chi connectivity index (χ3v) is 2.89. The molecule has 25 heavy (non-hydrogen) atoms. The van der Waals surface area contributed by atoms with E-state index in [1.165, 1.54) is 4.90 Å². The average molecular weight is 364 g/mol. The highest BCUT2D eigenvalue weighted by Gasteiger charge is 2.19. The maximum absolute atomic E-state index is 11.7. The van der Waals surface area contributed by atoms with Gasteiger partial charge < -0.3 is 33.9 Å². The van der Waals surface area contributed by atoms with Gasteiger partial charge in [-0.05, 0) is 27.8 Å². The molecule has 0 fully saturated rings. The second-order valence-electron chi connectivity index (χ2n) is 6.45. The summed E-state index contributed by atoms with van der Waals surface area (Å²) >= 11 is 0. The van der Waals surface area contributed by atoms with Gasteiger partial charge in [-0.15, -0.1) is 0 Å². The summed E-state index contributed by atoms with van der Waals surface area (Å²) in [5, 5.41) is 3.00. The summed E-state index contributed by atoms with van der Waals surface area (Å²) < 4.78 is 26.8. The SMILES string of the molecule is CNCCOCCOCCOCCOCCN(C)C(=O)OC(C)(C)C. The molecule has 0 aliphatic heterocycles. The van der Waals surface area contributed by atoms with Crippen LogP contribution in [-0.2, 0) is 23.7 Å². The molecule has 8 nitrogen and oxygen atoms in total. The second-order valence-corrected chi connectivity index (χ2v) is 6.45. The van der Waals surface area contributed by atoms with Crippen LogP contribution < -0.4 is 5.32 Å². The topological polar surface area (TPSA) is 78.5 Å². The highest BCUT2D eigenvalue weighted by molar-refractivity contribution is 5.67. The number of hydrogen-bond donors (Lipinski definition) is 1. The summed E-state index contributed by atoms with van der Waals surface area (Å²) in [5.74, 6) is 0. The van der Waals surface area contributed by atoms with Crippen molar-refractivity contribution in [3.8, 4) is 0 Å². The standard InChI is InChI=1S/C17H36N2O6/c1-17(2,3)25-16(20)19(5)7-9-22-11-13-24-15-14-23-12-10-21-8-6-18-4/h18H,6-15H2,1-5H3. The monoisotopic (exact) mass is 364 g/mol. The number of carbonyl (C=O) groups excluding carboxylic acids is 1. The minimum atomic E-state index is -0.485. The smallest absolute Gasteiger partial charge is 0.410 e. The summed E-state index contributed by atoms with van der Waals surface area (Å²) in [6, 6.07) is 0. The molecule has 0 unspecified atom stereocenters. The molecular formula is C17H36N2O6. The van der Waals surface area contributed by atoms with E-state index in [1.54, 1.807) is 7.05 Å².